The molecule has 2 aromatic carbocycles. The van der Waals surface area contributed by atoms with Crippen LogP contribution in [0.5, 0.6) is 0 Å². The summed E-state index contributed by atoms with van der Waals surface area (Å²) >= 11 is 11.8. The monoisotopic (exact) mass is 290 g/mol. The topological polar surface area (TPSA) is 17.1 Å². The van der Waals surface area contributed by atoms with Crippen LogP contribution >= 0.6 is 23.2 Å². The molecule has 1 unspecified atom stereocenters. The van der Waals surface area contributed by atoms with Gasteiger partial charge < -0.3 is 0 Å². The molecule has 0 heterocycles. The van der Waals surface area contributed by atoms with Crippen molar-refractivity contribution in [2.45, 2.75) is 18.8 Å². The van der Waals surface area contributed by atoms with Crippen molar-refractivity contribution in [1.29, 1.82) is 0 Å². The highest BCUT2D eigenvalue weighted by Crippen LogP contribution is 2.38. The van der Waals surface area contributed by atoms with E-state index in [1.165, 1.54) is 11.1 Å². The Bertz CT molecular complexity index is 629. The summed E-state index contributed by atoms with van der Waals surface area (Å²) in [6.07, 6.45) is 1.50. The molecule has 0 fully saturated rings. The summed E-state index contributed by atoms with van der Waals surface area (Å²) in [6.45, 7) is 0. The van der Waals surface area contributed by atoms with Crippen molar-refractivity contribution >= 4 is 29.0 Å². The molecule has 0 N–H and O–H groups in total. The number of fused-ring (bicyclic) bond motifs is 1. The van der Waals surface area contributed by atoms with Crippen LogP contribution in [0, 0.1) is 0 Å². The third-order valence-corrected chi connectivity index (χ3v) is 4.01. The Hall–Kier alpha value is -1.31. The highest BCUT2D eigenvalue weighted by molar-refractivity contribution is 6.35. The second kappa shape index (κ2) is 4.99. The van der Waals surface area contributed by atoms with Gasteiger partial charge in [0, 0.05) is 22.0 Å². The van der Waals surface area contributed by atoms with E-state index in [1.807, 2.05) is 12.1 Å². The van der Waals surface area contributed by atoms with Crippen LogP contribution in [0.25, 0.3) is 0 Å². The van der Waals surface area contributed by atoms with Crippen molar-refractivity contribution in [3.63, 3.8) is 0 Å². The van der Waals surface area contributed by atoms with Gasteiger partial charge in [0.1, 0.15) is 0 Å². The Morgan fingerprint density at radius 1 is 1.11 bits per heavy atom. The molecule has 2 aromatic rings. The zero-order valence-electron chi connectivity index (χ0n) is 10.2. The Kier molecular flexibility index (Phi) is 3.34. The molecule has 0 bridgehead atoms. The fourth-order valence-electron chi connectivity index (χ4n) is 2.60. The van der Waals surface area contributed by atoms with Gasteiger partial charge in [0.2, 0.25) is 0 Å². The van der Waals surface area contributed by atoms with Gasteiger partial charge in [-0.3, -0.25) is 4.79 Å². The van der Waals surface area contributed by atoms with Crippen LogP contribution < -0.4 is 0 Å². The lowest BCUT2D eigenvalue weighted by Gasteiger charge is -2.29. The summed E-state index contributed by atoms with van der Waals surface area (Å²) < 4.78 is 0. The lowest BCUT2D eigenvalue weighted by Crippen LogP contribution is -2.20. The van der Waals surface area contributed by atoms with Gasteiger partial charge in [-0.1, -0.05) is 47.5 Å². The Morgan fingerprint density at radius 3 is 2.47 bits per heavy atom. The molecule has 0 saturated heterocycles. The van der Waals surface area contributed by atoms with Gasteiger partial charge in [-0.2, -0.15) is 0 Å². The molecule has 0 radical (unpaired) electrons. The molecule has 96 valence electrons. The molecule has 1 atom stereocenters. The number of halogens is 2. The van der Waals surface area contributed by atoms with E-state index >= 15 is 0 Å². The summed E-state index contributed by atoms with van der Waals surface area (Å²) in [5, 5.41) is 1.01. The van der Waals surface area contributed by atoms with E-state index < -0.39 is 0 Å². The molecule has 0 saturated carbocycles. The number of carbonyl (C=O) groups excluding carboxylic acids is 1. The van der Waals surface area contributed by atoms with E-state index in [2.05, 4.69) is 12.1 Å². The number of rotatable bonds is 3. The van der Waals surface area contributed by atoms with Crippen molar-refractivity contribution in [2.75, 3.05) is 0 Å². The second-order valence-electron chi connectivity index (χ2n) is 4.89. The van der Waals surface area contributed by atoms with E-state index in [0.29, 0.717) is 27.9 Å². The molecule has 1 nitrogen and oxygen atoms in total. The maximum Gasteiger partial charge on any atom is 0.163 e. The summed E-state index contributed by atoms with van der Waals surface area (Å²) in [6, 6.07) is 13.3. The van der Waals surface area contributed by atoms with Crippen molar-refractivity contribution < 1.29 is 4.79 Å². The largest absolute Gasteiger partial charge is 0.294 e. The van der Waals surface area contributed by atoms with Crippen LogP contribution in [-0.4, -0.2) is 5.78 Å². The first kappa shape index (κ1) is 12.7. The van der Waals surface area contributed by atoms with Crippen molar-refractivity contribution in [1.82, 2.24) is 0 Å². The number of hydrogen-bond donors (Lipinski definition) is 0. The summed E-state index contributed by atoms with van der Waals surface area (Å²) in [5.41, 5.74) is 3.25. The maximum atomic E-state index is 12.2. The van der Waals surface area contributed by atoms with Gasteiger partial charge in [0.15, 0.2) is 5.78 Å². The van der Waals surface area contributed by atoms with Crippen molar-refractivity contribution in [3.05, 3.63) is 69.2 Å². The molecule has 19 heavy (non-hydrogen) atoms. The van der Waals surface area contributed by atoms with Crippen LogP contribution in [0.2, 0.25) is 10.0 Å². The fraction of sp³-hybridized carbons (Fsp3) is 0.188. The lowest BCUT2D eigenvalue weighted by atomic mass is 9.74. The van der Waals surface area contributed by atoms with Gasteiger partial charge >= 0.3 is 0 Å². The average molecular weight is 291 g/mol. The summed E-state index contributed by atoms with van der Waals surface area (Å²) in [7, 11) is 0. The minimum absolute atomic E-state index is 0.101. The van der Waals surface area contributed by atoms with Crippen molar-refractivity contribution in [3.8, 4) is 0 Å². The van der Waals surface area contributed by atoms with E-state index in [-0.39, 0.29) is 5.78 Å². The third kappa shape index (κ3) is 2.54. The Balaban J connectivity index is 1.77. The van der Waals surface area contributed by atoms with Gasteiger partial charge in [0.05, 0.1) is 0 Å². The Morgan fingerprint density at radius 2 is 1.79 bits per heavy atom. The first-order chi connectivity index (χ1) is 9.13. The molecule has 3 rings (SSSR count). The zero-order valence-corrected chi connectivity index (χ0v) is 11.7. The average Bonchev–Trinajstić information content (AvgIpc) is 2.34. The molecule has 3 heteroatoms. The first-order valence-corrected chi connectivity index (χ1v) is 6.96. The summed E-state index contributed by atoms with van der Waals surface area (Å²) in [5.74, 6) is 0.436. The lowest BCUT2D eigenvalue weighted by molar-refractivity contribution is 0.0970. The van der Waals surface area contributed by atoms with E-state index in [9.17, 15) is 4.79 Å². The zero-order chi connectivity index (χ0) is 13.4. The number of hydrogen-bond acceptors (Lipinski definition) is 1. The van der Waals surface area contributed by atoms with E-state index in [4.69, 9.17) is 23.2 Å². The number of benzene rings is 2. The van der Waals surface area contributed by atoms with Gasteiger partial charge in [-0.15, -0.1) is 0 Å². The van der Waals surface area contributed by atoms with Crippen LogP contribution in [0.4, 0.5) is 0 Å². The van der Waals surface area contributed by atoms with Crippen LogP contribution in [-0.2, 0) is 6.42 Å². The minimum atomic E-state index is 0.101. The quantitative estimate of drug-likeness (QED) is 0.735. The van der Waals surface area contributed by atoms with Crippen LogP contribution in [0.1, 0.15) is 33.8 Å². The van der Waals surface area contributed by atoms with E-state index in [1.54, 1.807) is 18.2 Å². The van der Waals surface area contributed by atoms with Crippen LogP contribution in [0.15, 0.2) is 42.5 Å². The molecule has 1 aliphatic carbocycles. The molecule has 0 spiro atoms. The van der Waals surface area contributed by atoms with Gasteiger partial charge in [0.25, 0.3) is 0 Å². The molecule has 0 aliphatic heterocycles. The van der Waals surface area contributed by atoms with E-state index in [0.717, 1.165) is 6.42 Å². The third-order valence-electron chi connectivity index (χ3n) is 3.58. The van der Waals surface area contributed by atoms with Gasteiger partial charge in [-0.05, 0) is 41.7 Å². The first-order valence-electron chi connectivity index (χ1n) is 6.20. The predicted molar refractivity (Wildman–Crippen MR) is 78.3 cm³/mol. The highest BCUT2D eigenvalue weighted by atomic mass is 35.5. The standard InChI is InChI=1S/C16H12Cl2O/c17-13-6-12(7-14(18)9-13)16(19)8-11-5-10-3-1-2-4-15(10)11/h1-4,6-7,9,11H,5,8H2. The summed E-state index contributed by atoms with van der Waals surface area (Å²) in [4.78, 5) is 12.2. The molecule has 0 amide bonds. The SMILES string of the molecule is O=C(CC1Cc2ccccc21)c1cc(Cl)cc(Cl)c1. The van der Waals surface area contributed by atoms with Crippen LogP contribution in [0.3, 0.4) is 0 Å². The predicted octanol–water partition coefficient (Wildman–Crippen LogP) is 4.91. The minimum Gasteiger partial charge on any atom is -0.294 e. The normalized spacial score (nSPS) is 16.6. The van der Waals surface area contributed by atoms with Crippen molar-refractivity contribution in [2.24, 2.45) is 0 Å². The molecular weight excluding hydrogens is 279 g/mol. The number of ketones is 1. The Labute approximate surface area is 122 Å². The maximum absolute atomic E-state index is 12.2. The fourth-order valence-corrected chi connectivity index (χ4v) is 3.13. The highest BCUT2D eigenvalue weighted by Gasteiger charge is 2.27. The smallest absolute Gasteiger partial charge is 0.163 e. The second-order valence-corrected chi connectivity index (χ2v) is 5.76. The number of Topliss-reactive ketones (excluding diaryl/α,β-unsaturated/α-hetero) is 1. The molecule has 1 aliphatic rings. The molecular formula is C16H12Cl2O. The number of carbonyl (C=O) groups is 1. The van der Waals surface area contributed by atoms with Gasteiger partial charge in [-0.25, -0.2) is 0 Å². The molecule has 0 aromatic heterocycles.